The molecule has 8 nitrogen and oxygen atoms in total. The number of aromatic nitrogens is 2. The molecule has 3 aromatic rings. The molecule has 0 spiro atoms. The van der Waals surface area contributed by atoms with Crippen LogP contribution in [-0.2, 0) is 6.54 Å². The van der Waals surface area contributed by atoms with E-state index in [1.807, 2.05) is 37.3 Å². The topological polar surface area (TPSA) is 119 Å². The Bertz CT molecular complexity index is 905. The van der Waals surface area contributed by atoms with Gasteiger partial charge in [-0.2, -0.15) is 0 Å². The summed E-state index contributed by atoms with van der Waals surface area (Å²) in [4.78, 5) is 11.8. The van der Waals surface area contributed by atoms with Crippen molar-refractivity contribution in [3.8, 4) is 11.3 Å². The van der Waals surface area contributed by atoms with Gasteiger partial charge in [0.25, 0.3) is 5.91 Å². The van der Waals surface area contributed by atoms with Crippen LogP contribution < -0.4 is 16.4 Å². The molecule has 26 heavy (non-hydrogen) atoms. The second kappa shape index (κ2) is 8.03. The number of halogens is 1. The van der Waals surface area contributed by atoms with Gasteiger partial charge >= 0.3 is 0 Å². The minimum absolute atomic E-state index is 0.0163. The molecule has 0 radical (unpaired) electrons. The number of hydrogen-bond acceptors (Lipinski definition) is 7. The molecule has 9 heteroatoms. The fraction of sp³-hybridized carbons (Fsp3) is 0.235. The molecular weight excluding hydrogens is 358 g/mol. The van der Waals surface area contributed by atoms with Crippen LogP contribution in [0, 0.1) is 6.92 Å². The fourth-order valence-electron chi connectivity index (χ4n) is 2.29. The summed E-state index contributed by atoms with van der Waals surface area (Å²) in [6, 6.07) is 9.61. The molecule has 0 unspecified atom stereocenters. The molecule has 2 heterocycles. The van der Waals surface area contributed by atoms with Gasteiger partial charge in [0.15, 0.2) is 0 Å². The predicted octanol–water partition coefficient (Wildman–Crippen LogP) is 2.39. The van der Waals surface area contributed by atoms with E-state index in [4.69, 9.17) is 21.8 Å². The number of nitrogen functional groups attached to an aromatic ring is 1. The van der Waals surface area contributed by atoms with Crippen molar-refractivity contribution in [2.75, 3.05) is 18.8 Å². The number of hydrogen-bond donors (Lipinski definition) is 3. The number of rotatable bonds is 7. The molecule has 0 aliphatic heterocycles. The highest BCUT2D eigenvalue weighted by Crippen LogP contribution is 2.26. The number of aryl methyl sites for hydroxylation is 1. The van der Waals surface area contributed by atoms with Gasteiger partial charge in [-0.15, -0.1) is 0 Å². The normalized spacial score (nSPS) is 10.8. The molecule has 0 saturated carbocycles. The van der Waals surface area contributed by atoms with E-state index in [2.05, 4.69) is 25.6 Å². The van der Waals surface area contributed by atoms with Gasteiger partial charge in [0.1, 0.15) is 11.5 Å². The maximum absolute atomic E-state index is 11.8. The number of nitrogens with one attached hydrogen (secondary N) is 2. The Labute approximate surface area is 154 Å². The molecule has 0 bridgehead atoms. The van der Waals surface area contributed by atoms with Crippen molar-refractivity contribution in [1.29, 1.82) is 0 Å². The Morgan fingerprint density at radius 2 is 2.08 bits per heavy atom. The van der Waals surface area contributed by atoms with Crippen LogP contribution in [0.5, 0.6) is 0 Å². The number of carbonyl (C=O) groups excluding carboxylic acids is 1. The van der Waals surface area contributed by atoms with Crippen LogP contribution in [0.1, 0.15) is 21.8 Å². The number of anilines is 1. The van der Waals surface area contributed by atoms with Gasteiger partial charge in [-0.25, -0.2) is 4.63 Å². The average molecular weight is 376 g/mol. The monoisotopic (exact) mass is 375 g/mol. The first kappa shape index (κ1) is 18.0. The van der Waals surface area contributed by atoms with Crippen molar-refractivity contribution in [3.05, 3.63) is 52.4 Å². The van der Waals surface area contributed by atoms with Gasteiger partial charge in [-0.05, 0) is 41.0 Å². The molecule has 0 atom stereocenters. The molecule has 4 N–H and O–H groups in total. The van der Waals surface area contributed by atoms with Crippen LogP contribution in [0.3, 0.4) is 0 Å². The first-order chi connectivity index (χ1) is 12.5. The highest BCUT2D eigenvalue weighted by Gasteiger charge is 2.14. The summed E-state index contributed by atoms with van der Waals surface area (Å²) >= 11 is 6.15. The second-order valence-corrected chi connectivity index (χ2v) is 6.07. The van der Waals surface area contributed by atoms with E-state index >= 15 is 0 Å². The Kier molecular flexibility index (Phi) is 5.55. The molecule has 1 aromatic carbocycles. The largest absolute Gasteiger partial charge is 0.460 e. The van der Waals surface area contributed by atoms with Gasteiger partial charge in [0, 0.05) is 23.7 Å². The summed E-state index contributed by atoms with van der Waals surface area (Å²) in [7, 11) is 0. The summed E-state index contributed by atoms with van der Waals surface area (Å²) in [6.07, 6.45) is 0. The number of nitrogens with zero attached hydrogens (tertiary/aromatic N) is 2. The minimum atomic E-state index is -0.429. The lowest BCUT2D eigenvalue weighted by Gasteiger charge is -2.04. The maximum atomic E-state index is 11.8. The Hall–Kier alpha value is -2.84. The van der Waals surface area contributed by atoms with Crippen LogP contribution in [0.2, 0.25) is 5.02 Å². The standard InChI is InChI=1S/C17H18ClN5O3/c1-10-2-3-11(8-13(10)18)14-5-4-12(25-14)9-20-6-7-21-17(24)15-16(19)23-26-22-15/h2-5,8,20H,6-7,9H2,1H3,(H2,19,23)(H,21,24). The van der Waals surface area contributed by atoms with Crippen molar-refractivity contribution >= 4 is 23.3 Å². The van der Waals surface area contributed by atoms with Crippen molar-refractivity contribution in [2.45, 2.75) is 13.5 Å². The van der Waals surface area contributed by atoms with E-state index < -0.39 is 5.91 Å². The third kappa shape index (κ3) is 4.22. The Morgan fingerprint density at radius 3 is 2.81 bits per heavy atom. The maximum Gasteiger partial charge on any atom is 0.277 e. The average Bonchev–Trinajstić information content (AvgIpc) is 3.26. The Morgan fingerprint density at radius 1 is 1.23 bits per heavy atom. The van der Waals surface area contributed by atoms with Gasteiger partial charge in [0.2, 0.25) is 11.5 Å². The summed E-state index contributed by atoms with van der Waals surface area (Å²) < 4.78 is 10.2. The number of nitrogens with two attached hydrogens (primary N) is 1. The van der Waals surface area contributed by atoms with Crippen LogP contribution >= 0.6 is 11.6 Å². The molecule has 0 saturated heterocycles. The molecule has 0 aliphatic carbocycles. The first-order valence-electron chi connectivity index (χ1n) is 7.97. The van der Waals surface area contributed by atoms with Gasteiger partial charge in [-0.3, -0.25) is 4.79 Å². The van der Waals surface area contributed by atoms with E-state index in [0.29, 0.717) is 24.7 Å². The molecule has 0 fully saturated rings. The lowest BCUT2D eigenvalue weighted by Crippen LogP contribution is -2.32. The third-order valence-electron chi connectivity index (χ3n) is 3.73. The van der Waals surface area contributed by atoms with Crippen LogP contribution in [-0.4, -0.2) is 29.3 Å². The van der Waals surface area contributed by atoms with Crippen molar-refractivity contribution in [2.24, 2.45) is 0 Å². The van der Waals surface area contributed by atoms with Crippen LogP contribution in [0.15, 0.2) is 39.4 Å². The van der Waals surface area contributed by atoms with Crippen LogP contribution in [0.4, 0.5) is 5.82 Å². The van der Waals surface area contributed by atoms with Crippen LogP contribution in [0.25, 0.3) is 11.3 Å². The second-order valence-electron chi connectivity index (χ2n) is 5.66. The first-order valence-corrected chi connectivity index (χ1v) is 8.34. The van der Waals surface area contributed by atoms with E-state index in [-0.39, 0.29) is 11.5 Å². The quantitative estimate of drug-likeness (QED) is 0.542. The molecule has 3 rings (SSSR count). The molecule has 2 aromatic heterocycles. The van der Waals surface area contributed by atoms with Gasteiger partial charge < -0.3 is 20.8 Å². The third-order valence-corrected chi connectivity index (χ3v) is 4.14. The summed E-state index contributed by atoms with van der Waals surface area (Å²) in [6.45, 7) is 3.43. The SMILES string of the molecule is Cc1ccc(-c2ccc(CNCCNC(=O)c3nonc3N)o2)cc1Cl. The summed E-state index contributed by atoms with van der Waals surface area (Å²) in [5, 5.41) is 13.3. The van der Waals surface area contributed by atoms with E-state index in [9.17, 15) is 4.79 Å². The number of furan rings is 1. The Balaban J connectivity index is 1.44. The molecule has 0 aliphatic rings. The van der Waals surface area contributed by atoms with E-state index in [1.165, 1.54) is 0 Å². The highest BCUT2D eigenvalue weighted by molar-refractivity contribution is 6.31. The zero-order chi connectivity index (χ0) is 18.5. The fourth-order valence-corrected chi connectivity index (χ4v) is 2.47. The van der Waals surface area contributed by atoms with Gasteiger partial charge in [-0.1, -0.05) is 23.7 Å². The van der Waals surface area contributed by atoms with Gasteiger partial charge in [0.05, 0.1) is 6.54 Å². The smallest absolute Gasteiger partial charge is 0.277 e. The number of carbonyl (C=O) groups is 1. The van der Waals surface area contributed by atoms with Crippen molar-refractivity contribution in [3.63, 3.8) is 0 Å². The van der Waals surface area contributed by atoms with E-state index in [1.54, 1.807) is 0 Å². The lowest BCUT2D eigenvalue weighted by molar-refractivity contribution is 0.0944. The number of benzene rings is 1. The summed E-state index contributed by atoms with van der Waals surface area (Å²) in [5.74, 6) is 1.08. The molecule has 1 amide bonds. The molecular formula is C17H18ClN5O3. The number of amides is 1. The molecule has 136 valence electrons. The summed E-state index contributed by atoms with van der Waals surface area (Å²) in [5.41, 5.74) is 7.39. The lowest BCUT2D eigenvalue weighted by atomic mass is 10.1. The minimum Gasteiger partial charge on any atom is -0.460 e. The highest BCUT2D eigenvalue weighted by atomic mass is 35.5. The van der Waals surface area contributed by atoms with Crippen molar-refractivity contribution < 1.29 is 13.8 Å². The van der Waals surface area contributed by atoms with Crippen molar-refractivity contribution in [1.82, 2.24) is 20.9 Å². The van der Waals surface area contributed by atoms with E-state index in [0.717, 1.165) is 22.6 Å². The zero-order valence-corrected chi connectivity index (χ0v) is 14.8. The zero-order valence-electron chi connectivity index (χ0n) is 14.1. The predicted molar refractivity (Wildman–Crippen MR) is 96.6 cm³/mol.